The molecule has 92 valence electrons. The number of halogens is 2. The first-order valence-corrected chi connectivity index (χ1v) is 7.89. The molecule has 2 nitrogen and oxygen atoms in total. The van der Waals surface area contributed by atoms with Gasteiger partial charge in [0.2, 0.25) is 0 Å². The number of aromatic nitrogens is 1. The third-order valence-corrected chi connectivity index (χ3v) is 6.21. The topological polar surface area (TPSA) is 24.9 Å². The van der Waals surface area contributed by atoms with Crippen molar-refractivity contribution in [1.29, 1.82) is 0 Å². The lowest BCUT2D eigenvalue weighted by Crippen LogP contribution is -2.16. The van der Waals surface area contributed by atoms with Crippen LogP contribution in [0.2, 0.25) is 4.34 Å². The van der Waals surface area contributed by atoms with E-state index in [2.05, 4.69) is 39.2 Å². The van der Waals surface area contributed by atoms with Gasteiger partial charge in [-0.3, -0.25) is 0 Å². The Bertz CT molecular complexity index is 450. The molecule has 0 aromatic carbocycles. The molecule has 0 saturated carbocycles. The average molecular weight is 352 g/mol. The van der Waals surface area contributed by atoms with Crippen molar-refractivity contribution in [3.63, 3.8) is 0 Å². The van der Waals surface area contributed by atoms with Crippen molar-refractivity contribution in [3.05, 3.63) is 35.3 Å². The van der Waals surface area contributed by atoms with Gasteiger partial charge in [-0.15, -0.1) is 22.7 Å². The van der Waals surface area contributed by atoms with E-state index < -0.39 is 0 Å². The zero-order valence-electron chi connectivity index (χ0n) is 9.67. The van der Waals surface area contributed by atoms with Gasteiger partial charge >= 0.3 is 0 Å². The SMILES string of the molecule is CNC(c1cc(Br)c(Cl)s1)c1nc(C)c(C)s1. The number of aryl methyl sites for hydroxylation is 2. The molecule has 0 spiro atoms. The molecule has 0 aliphatic rings. The van der Waals surface area contributed by atoms with Crippen LogP contribution in [0.3, 0.4) is 0 Å². The fourth-order valence-corrected chi connectivity index (χ4v) is 4.49. The highest BCUT2D eigenvalue weighted by molar-refractivity contribution is 9.10. The van der Waals surface area contributed by atoms with Crippen LogP contribution in [0.15, 0.2) is 10.5 Å². The second-order valence-corrected chi connectivity index (χ2v) is 7.46. The molecule has 2 rings (SSSR count). The number of thiazole rings is 1. The van der Waals surface area contributed by atoms with E-state index in [1.54, 1.807) is 22.7 Å². The lowest BCUT2D eigenvalue weighted by Gasteiger charge is -2.10. The summed E-state index contributed by atoms with van der Waals surface area (Å²) in [6.07, 6.45) is 0. The zero-order chi connectivity index (χ0) is 12.6. The lowest BCUT2D eigenvalue weighted by atomic mass is 10.2. The highest BCUT2D eigenvalue weighted by Crippen LogP contribution is 2.38. The van der Waals surface area contributed by atoms with Gasteiger partial charge in [0, 0.05) is 14.2 Å². The molecule has 6 heteroatoms. The van der Waals surface area contributed by atoms with Gasteiger partial charge in [-0.05, 0) is 42.9 Å². The first-order chi connectivity index (χ1) is 8.02. The molecular formula is C11H12BrClN2S2. The summed E-state index contributed by atoms with van der Waals surface area (Å²) in [5, 5.41) is 4.39. The van der Waals surface area contributed by atoms with E-state index in [0.29, 0.717) is 0 Å². The van der Waals surface area contributed by atoms with Gasteiger partial charge in [0.05, 0.1) is 11.7 Å². The van der Waals surface area contributed by atoms with Crippen LogP contribution in [-0.2, 0) is 0 Å². The molecule has 0 aliphatic carbocycles. The molecule has 0 radical (unpaired) electrons. The smallest absolute Gasteiger partial charge is 0.115 e. The molecule has 1 atom stereocenters. The quantitative estimate of drug-likeness (QED) is 0.877. The molecule has 2 heterocycles. The molecule has 2 aromatic heterocycles. The molecule has 0 saturated heterocycles. The summed E-state index contributed by atoms with van der Waals surface area (Å²) in [5.74, 6) is 0. The Kier molecular flexibility index (Phi) is 4.26. The molecule has 0 bridgehead atoms. The molecule has 2 aromatic rings. The van der Waals surface area contributed by atoms with Gasteiger partial charge in [-0.1, -0.05) is 11.6 Å². The van der Waals surface area contributed by atoms with Crippen LogP contribution in [0.4, 0.5) is 0 Å². The highest BCUT2D eigenvalue weighted by atomic mass is 79.9. The minimum Gasteiger partial charge on any atom is -0.307 e. The fraction of sp³-hybridized carbons (Fsp3) is 0.364. The molecule has 0 aliphatic heterocycles. The maximum Gasteiger partial charge on any atom is 0.115 e. The van der Waals surface area contributed by atoms with Crippen molar-refractivity contribution < 1.29 is 0 Å². The highest BCUT2D eigenvalue weighted by Gasteiger charge is 2.20. The van der Waals surface area contributed by atoms with Gasteiger partial charge in [-0.2, -0.15) is 0 Å². The van der Waals surface area contributed by atoms with Gasteiger partial charge in [0.25, 0.3) is 0 Å². The number of hydrogen-bond donors (Lipinski definition) is 1. The Labute approximate surface area is 122 Å². The van der Waals surface area contributed by atoms with Crippen molar-refractivity contribution in [1.82, 2.24) is 10.3 Å². The predicted molar refractivity (Wildman–Crippen MR) is 79.5 cm³/mol. The fourth-order valence-electron chi connectivity index (χ4n) is 1.51. The maximum absolute atomic E-state index is 6.08. The number of nitrogens with zero attached hydrogens (tertiary/aromatic N) is 1. The van der Waals surface area contributed by atoms with E-state index in [9.17, 15) is 0 Å². The van der Waals surface area contributed by atoms with Crippen LogP contribution in [0.1, 0.15) is 26.5 Å². The van der Waals surface area contributed by atoms with Gasteiger partial charge in [0.15, 0.2) is 0 Å². The van der Waals surface area contributed by atoms with Gasteiger partial charge < -0.3 is 5.32 Å². The normalized spacial score (nSPS) is 13.0. The van der Waals surface area contributed by atoms with Crippen LogP contribution in [0.5, 0.6) is 0 Å². The standard InChI is InChI=1S/C11H12BrClN2S2/c1-5-6(2)16-11(15-5)9(14-3)8-4-7(12)10(13)17-8/h4,9,14H,1-3H3. The summed E-state index contributed by atoms with van der Waals surface area (Å²) in [7, 11) is 1.94. The number of rotatable bonds is 3. The molecule has 0 amide bonds. The second kappa shape index (κ2) is 5.36. The van der Waals surface area contributed by atoms with Crippen molar-refractivity contribution in [2.24, 2.45) is 0 Å². The van der Waals surface area contributed by atoms with Gasteiger partial charge in [0.1, 0.15) is 9.34 Å². The zero-order valence-corrected chi connectivity index (χ0v) is 13.6. The summed E-state index contributed by atoms with van der Waals surface area (Å²) in [4.78, 5) is 7.05. The molecule has 1 unspecified atom stereocenters. The predicted octanol–water partition coefficient (Wildman–Crippen LogP) is 4.55. The Morgan fingerprint density at radius 2 is 2.12 bits per heavy atom. The van der Waals surface area contributed by atoms with Crippen LogP contribution < -0.4 is 5.32 Å². The Morgan fingerprint density at radius 3 is 2.53 bits per heavy atom. The minimum atomic E-state index is 0.126. The summed E-state index contributed by atoms with van der Waals surface area (Å²) in [5.41, 5.74) is 1.10. The van der Waals surface area contributed by atoms with E-state index in [0.717, 1.165) is 19.5 Å². The van der Waals surface area contributed by atoms with Crippen molar-refractivity contribution in [2.45, 2.75) is 19.9 Å². The average Bonchev–Trinajstić information content (AvgIpc) is 2.75. The van der Waals surface area contributed by atoms with E-state index in [-0.39, 0.29) is 6.04 Å². The summed E-state index contributed by atoms with van der Waals surface area (Å²) in [6, 6.07) is 2.18. The molecule has 1 N–H and O–H groups in total. The maximum atomic E-state index is 6.08. The Hall–Kier alpha value is 0.0600. The van der Waals surface area contributed by atoms with Crippen molar-refractivity contribution in [2.75, 3.05) is 7.05 Å². The largest absolute Gasteiger partial charge is 0.307 e. The van der Waals surface area contributed by atoms with E-state index in [1.165, 1.54) is 9.75 Å². The van der Waals surface area contributed by atoms with Crippen LogP contribution in [0.25, 0.3) is 0 Å². The summed E-state index contributed by atoms with van der Waals surface area (Å²) < 4.78 is 1.73. The van der Waals surface area contributed by atoms with Crippen LogP contribution >= 0.6 is 50.2 Å². The third-order valence-electron chi connectivity index (χ3n) is 2.53. The van der Waals surface area contributed by atoms with Crippen molar-refractivity contribution in [3.8, 4) is 0 Å². The van der Waals surface area contributed by atoms with Gasteiger partial charge in [-0.25, -0.2) is 4.98 Å². The number of nitrogens with one attached hydrogen (secondary N) is 1. The number of hydrogen-bond acceptors (Lipinski definition) is 4. The Morgan fingerprint density at radius 1 is 1.41 bits per heavy atom. The monoisotopic (exact) mass is 350 g/mol. The first kappa shape index (κ1) is 13.5. The molecular weight excluding hydrogens is 340 g/mol. The first-order valence-electron chi connectivity index (χ1n) is 5.09. The summed E-state index contributed by atoms with van der Waals surface area (Å²) >= 11 is 12.8. The molecule has 0 fully saturated rings. The number of thiophene rings is 1. The Balaban J connectivity index is 2.39. The van der Waals surface area contributed by atoms with Crippen molar-refractivity contribution >= 4 is 50.2 Å². The van der Waals surface area contributed by atoms with Crippen LogP contribution in [-0.4, -0.2) is 12.0 Å². The van der Waals surface area contributed by atoms with E-state index >= 15 is 0 Å². The van der Waals surface area contributed by atoms with Crippen LogP contribution in [0, 0.1) is 13.8 Å². The van der Waals surface area contributed by atoms with E-state index in [1.807, 2.05) is 14.0 Å². The van der Waals surface area contributed by atoms with E-state index in [4.69, 9.17) is 11.6 Å². The molecule has 17 heavy (non-hydrogen) atoms. The second-order valence-electron chi connectivity index (χ2n) is 3.69. The third kappa shape index (κ3) is 2.74. The lowest BCUT2D eigenvalue weighted by molar-refractivity contribution is 0.696. The summed E-state index contributed by atoms with van der Waals surface area (Å²) in [6.45, 7) is 4.14. The minimum absolute atomic E-state index is 0.126.